The number of para-hydroxylation sites is 1. The number of benzene rings is 2. The number of hydrogen-bond acceptors (Lipinski definition) is 3. The molecule has 0 heterocycles. The van der Waals surface area contributed by atoms with E-state index in [0.717, 1.165) is 29.0 Å². The molecule has 0 aliphatic rings. The molecule has 0 aliphatic carbocycles. The zero-order chi connectivity index (χ0) is 18.2. The maximum absolute atomic E-state index is 12.3. The average molecular weight is 361 g/mol. The SMILES string of the molecule is CCc1cccc(C)c1NC(=O)CN(C)CCOc1ccc(Cl)cc1. The van der Waals surface area contributed by atoms with Gasteiger partial charge in [-0.05, 0) is 55.8 Å². The Morgan fingerprint density at radius 3 is 2.60 bits per heavy atom. The fourth-order valence-electron chi connectivity index (χ4n) is 2.56. The van der Waals surface area contributed by atoms with Gasteiger partial charge < -0.3 is 10.1 Å². The molecule has 0 atom stereocenters. The highest BCUT2D eigenvalue weighted by atomic mass is 35.5. The molecule has 2 rings (SSSR count). The third-order valence-corrected chi connectivity index (χ3v) is 4.23. The molecular formula is C20H25ClN2O2. The highest BCUT2D eigenvalue weighted by molar-refractivity contribution is 6.30. The predicted octanol–water partition coefficient (Wildman–Crippen LogP) is 4.16. The zero-order valence-electron chi connectivity index (χ0n) is 15.0. The first-order valence-electron chi connectivity index (χ1n) is 8.45. The van der Waals surface area contributed by atoms with E-state index in [1.54, 1.807) is 12.1 Å². The van der Waals surface area contributed by atoms with Crippen molar-refractivity contribution in [2.75, 3.05) is 32.1 Å². The van der Waals surface area contributed by atoms with Crippen molar-refractivity contribution in [1.82, 2.24) is 4.90 Å². The van der Waals surface area contributed by atoms with Gasteiger partial charge >= 0.3 is 0 Å². The highest BCUT2D eigenvalue weighted by Crippen LogP contribution is 2.21. The smallest absolute Gasteiger partial charge is 0.238 e. The molecule has 1 N–H and O–H groups in total. The molecular weight excluding hydrogens is 336 g/mol. The van der Waals surface area contributed by atoms with Crippen LogP contribution >= 0.6 is 11.6 Å². The van der Waals surface area contributed by atoms with Crippen molar-refractivity contribution < 1.29 is 9.53 Å². The molecule has 0 saturated carbocycles. The number of hydrogen-bond donors (Lipinski definition) is 1. The summed E-state index contributed by atoms with van der Waals surface area (Å²) in [4.78, 5) is 14.2. The van der Waals surface area contributed by atoms with Crippen molar-refractivity contribution in [3.05, 3.63) is 58.6 Å². The first kappa shape index (κ1) is 19.3. The molecule has 0 aliphatic heterocycles. The van der Waals surface area contributed by atoms with Crippen molar-refractivity contribution in [1.29, 1.82) is 0 Å². The topological polar surface area (TPSA) is 41.6 Å². The lowest BCUT2D eigenvalue weighted by molar-refractivity contribution is -0.117. The summed E-state index contributed by atoms with van der Waals surface area (Å²) in [5.41, 5.74) is 3.17. The molecule has 2 aromatic carbocycles. The van der Waals surface area contributed by atoms with Crippen molar-refractivity contribution in [2.24, 2.45) is 0 Å². The summed E-state index contributed by atoms with van der Waals surface area (Å²) in [6.07, 6.45) is 0.891. The second kappa shape index (κ2) is 9.44. The molecule has 5 heteroatoms. The number of amides is 1. The van der Waals surface area contributed by atoms with Crippen LogP contribution in [0.25, 0.3) is 0 Å². The highest BCUT2D eigenvalue weighted by Gasteiger charge is 2.11. The lowest BCUT2D eigenvalue weighted by Gasteiger charge is -2.18. The van der Waals surface area contributed by atoms with E-state index < -0.39 is 0 Å². The monoisotopic (exact) mass is 360 g/mol. The number of rotatable bonds is 8. The normalized spacial score (nSPS) is 10.8. The van der Waals surface area contributed by atoms with E-state index in [4.69, 9.17) is 16.3 Å². The van der Waals surface area contributed by atoms with Crippen LogP contribution in [0, 0.1) is 6.92 Å². The predicted molar refractivity (Wildman–Crippen MR) is 104 cm³/mol. The van der Waals surface area contributed by atoms with E-state index in [1.165, 1.54) is 0 Å². The molecule has 134 valence electrons. The third kappa shape index (κ3) is 6.07. The number of nitrogens with one attached hydrogen (secondary N) is 1. The molecule has 0 fully saturated rings. The van der Waals surface area contributed by atoms with Gasteiger partial charge in [-0.1, -0.05) is 36.7 Å². The summed E-state index contributed by atoms with van der Waals surface area (Å²) in [5.74, 6) is 0.757. The first-order chi connectivity index (χ1) is 12.0. The van der Waals surface area contributed by atoms with Crippen LogP contribution in [-0.4, -0.2) is 37.6 Å². The Balaban J connectivity index is 1.79. The number of anilines is 1. The van der Waals surface area contributed by atoms with Gasteiger partial charge in [-0.2, -0.15) is 0 Å². The van der Waals surface area contributed by atoms with Gasteiger partial charge in [-0.25, -0.2) is 0 Å². The number of carbonyl (C=O) groups excluding carboxylic acids is 1. The summed E-state index contributed by atoms with van der Waals surface area (Å²) in [6.45, 7) is 5.59. The van der Waals surface area contributed by atoms with Crippen LogP contribution in [-0.2, 0) is 11.2 Å². The Morgan fingerprint density at radius 2 is 1.92 bits per heavy atom. The van der Waals surface area contributed by atoms with Gasteiger partial charge in [-0.15, -0.1) is 0 Å². The van der Waals surface area contributed by atoms with Crippen molar-refractivity contribution in [3.8, 4) is 5.75 Å². The fourth-order valence-corrected chi connectivity index (χ4v) is 2.68. The molecule has 0 saturated heterocycles. The number of halogens is 1. The Labute approximate surface area is 154 Å². The Bertz CT molecular complexity index is 701. The van der Waals surface area contributed by atoms with E-state index in [-0.39, 0.29) is 5.91 Å². The average Bonchev–Trinajstić information content (AvgIpc) is 2.58. The van der Waals surface area contributed by atoms with Gasteiger partial charge in [0.15, 0.2) is 0 Å². The minimum Gasteiger partial charge on any atom is -0.492 e. The maximum atomic E-state index is 12.3. The standard InChI is InChI=1S/C20H25ClN2O2/c1-4-16-7-5-6-15(2)20(16)22-19(24)14-23(3)12-13-25-18-10-8-17(21)9-11-18/h5-11H,4,12-14H2,1-3H3,(H,22,24). The van der Waals surface area contributed by atoms with Crippen LogP contribution in [0.15, 0.2) is 42.5 Å². The molecule has 4 nitrogen and oxygen atoms in total. The van der Waals surface area contributed by atoms with Crippen LogP contribution in [0.5, 0.6) is 5.75 Å². The van der Waals surface area contributed by atoms with Crippen molar-refractivity contribution >= 4 is 23.2 Å². The van der Waals surface area contributed by atoms with Gasteiger partial charge in [0.05, 0.1) is 6.54 Å². The summed E-state index contributed by atoms with van der Waals surface area (Å²) >= 11 is 5.84. The summed E-state index contributed by atoms with van der Waals surface area (Å²) < 4.78 is 5.66. The quantitative estimate of drug-likeness (QED) is 0.768. The third-order valence-electron chi connectivity index (χ3n) is 3.97. The number of nitrogens with zero attached hydrogens (tertiary/aromatic N) is 1. The Kier molecular flexibility index (Phi) is 7.29. The number of aryl methyl sites for hydroxylation is 2. The fraction of sp³-hybridized carbons (Fsp3) is 0.350. The Hall–Kier alpha value is -2.04. The number of carbonyl (C=O) groups is 1. The van der Waals surface area contributed by atoms with Crippen LogP contribution in [0.1, 0.15) is 18.1 Å². The molecule has 0 radical (unpaired) electrons. The molecule has 0 aromatic heterocycles. The summed E-state index contributed by atoms with van der Waals surface area (Å²) in [5, 5.41) is 3.72. The van der Waals surface area contributed by atoms with Crippen LogP contribution < -0.4 is 10.1 Å². The first-order valence-corrected chi connectivity index (χ1v) is 8.82. The van der Waals surface area contributed by atoms with E-state index in [0.29, 0.717) is 24.7 Å². The minimum atomic E-state index is -0.0157. The van der Waals surface area contributed by atoms with Gasteiger partial charge in [0, 0.05) is 17.3 Å². The van der Waals surface area contributed by atoms with E-state index in [2.05, 4.69) is 12.2 Å². The van der Waals surface area contributed by atoms with E-state index >= 15 is 0 Å². The van der Waals surface area contributed by atoms with Gasteiger partial charge in [-0.3, -0.25) is 9.69 Å². The van der Waals surface area contributed by atoms with Crippen molar-refractivity contribution in [3.63, 3.8) is 0 Å². The van der Waals surface area contributed by atoms with E-state index in [9.17, 15) is 4.79 Å². The number of likely N-dealkylation sites (N-methyl/N-ethyl adjacent to an activating group) is 1. The van der Waals surface area contributed by atoms with E-state index in [1.807, 2.05) is 49.2 Å². The largest absolute Gasteiger partial charge is 0.492 e. The molecule has 25 heavy (non-hydrogen) atoms. The van der Waals surface area contributed by atoms with Crippen LogP contribution in [0.3, 0.4) is 0 Å². The summed E-state index contributed by atoms with van der Waals surface area (Å²) in [7, 11) is 1.91. The maximum Gasteiger partial charge on any atom is 0.238 e. The minimum absolute atomic E-state index is 0.0157. The molecule has 0 bridgehead atoms. The number of ether oxygens (including phenoxy) is 1. The lowest BCUT2D eigenvalue weighted by Crippen LogP contribution is -2.33. The van der Waals surface area contributed by atoms with Gasteiger partial charge in [0.25, 0.3) is 0 Å². The lowest BCUT2D eigenvalue weighted by atomic mass is 10.1. The van der Waals surface area contributed by atoms with Crippen LogP contribution in [0.4, 0.5) is 5.69 Å². The Morgan fingerprint density at radius 1 is 1.20 bits per heavy atom. The summed E-state index contributed by atoms with van der Waals surface area (Å²) in [6, 6.07) is 13.3. The second-order valence-electron chi connectivity index (χ2n) is 6.05. The van der Waals surface area contributed by atoms with Crippen molar-refractivity contribution in [2.45, 2.75) is 20.3 Å². The van der Waals surface area contributed by atoms with Gasteiger partial charge in [0.1, 0.15) is 12.4 Å². The van der Waals surface area contributed by atoms with Crippen LogP contribution in [0.2, 0.25) is 5.02 Å². The molecule has 0 spiro atoms. The molecule has 2 aromatic rings. The molecule has 1 amide bonds. The molecule has 0 unspecified atom stereocenters. The second-order valence-corrected chi connectivity index (χ2v) is 6.49. The zero-order valence-corrected chi connectivity index (χ0v) is 15.8. The van der Waals surface area contributed by atoms with Gasteiger partial charge in [0.2, 0.25) is 5.91 Å².